The van der Waals surface area contributed by atoms with Gasteiger partial charge >= 0.3 is 0 Å². The molecule has 0 radical (unpaired) electrons. The normalized spacial score (nSPS) is 20.2. The van der Waals surface area contributed by atoms with Crippen LogP contribution in [-0.2, 0) is 17.9 Å². The molecule has 3 rings (SSSR count). The maximum absolute atomic E-state index is 11.8. The van der Waals surface area contributed by atoms with Crippen molar-refractivity contribution in [1.29, 1.82) is 0 Å². The van der Waals surface area contributed by atoms with Crippen LogP contribution >= 0.6 is 0 Å². The maximum atomic E-state index is 11.8. The quantitative estimate of drug-likeness (QED) is 0.665. The molecule has 0 unspecified atom stereocenters. The third kappa shape index (κ3) is 1.42. The molecule has 1 aromatic heterocycles. The van der Waals surface area contributed by atoms with E-state index in [0.29, 0.717) is 18.4 Å². The summed E-state index contributed by atoms with van der Waals surface area (Å²) in [6, 6.07) is 0. The molecular formula is C10H14N4O. The second-order valence-corrected chi connectivity index (χ2v) is 4.35. The van der Waals surface area contributed by atoms with E-state index < -0.39 is 0 Å². The summed E-state index contributed by atoms with van der Waals surface area (Å²) in [5.74, 6) is 2.48. The molecule has 80 valence electrons. The van der Waals surface area contributed by atoms with Crippen LogP contribution in [-0.4, -0.2) is 32.1 Å². The first-order chi connectivity index (χ1) is 7.25. The Morgan fingerprint density at radius 1 is 1.33 bits per heavy atom. The number of amides is 1. The van der Waals surface area contributed by atoms with Crippen molar-refractivity contribution in [3.63, 3.8) is 0 Å². The minimum Gasteiger partial charge on any atom is -0.333 e. The standard InChI is InChI=1S/C10H14N4O/c1-7-11-12-9-6-13(4-5-14(7)9)10(15)8-2-3-8/h8H,2-6H2,1H3. The monoisotopic (exact) mass is 206 g/mol. The SMILES string of the molecule is Cc1nnc2n1CCN(C(=O)C1CC1)C2. The zero-order valence-electron chi connectivity index (χ0n) is 8.81. The van der Waals surface area contributed by atoms with Crippen molar-refractivity contribution in [1.82, 2.24) is 19.7 Å². The Morgan fingerprint density at radius 3 is 2.87 bits per heavy atom. The van der Waals surface area contributed by atoms with E-state index in [1.807, 2.05) is 11.8 Å². The Morgan fingerprint density at radius 2 is 2.13 bits per heavy atom. The van der Waals surface area contributed by atoms with Crippen molar-refractivity contribution in [2.75, 3.05) is 6.54 Å². The fourth-order valence-corrected chi connectivity index (χ4v) is 2.08. The van der Waals surface area contributed by atoms with Gasteiger partial charge in [0.1, 0.15) is 5.82 Å². The van der Waals surface area contributed by atoms with Gasteiger partial charge in [0.2, 0.25) is 5.91 Å². The Labute approximate surface area is 88.1 Å². The first-order valence-electron chi connectivity index (χ1n) is 5.43. The topological polar surface area (TPSA) is 51.0 Å². The van der Waals surface area contributed by atoms with Crippen molar-refractivity contribution in [2.45, 2.75) is 32.9 Å². The Bertz CT molecular complexity index is 408. The summed E-state index contributed by atoms with van der Waals surface area (Å²) in [5.41, 5.74) is 0. The van der Waals surface area contributed by atoms with Gasteiger partial charge in [0.25, 0.3) is 0 Å². The minimum atomic E-state index is 0.306. The number of aryl methyl sites for hydroxylation is 1. The molecule has 0 atom stereocenters. The predicted octanol–water partition coefficient (Wildman–Crippen LogP) is 0.339. The fourth-order valence-electron chi connectivity index (χ4n) is 2.08. The summed E-state index contributed by atoms with van der Waals surface area (Å²) in [6.07, 6.45) is 2.14. The van der Waals surface area contributed by atoms with E-state index in [1.54, 1.807) is 0 Å². The lowest BCUT2D eigenvalue weighted by Gasteiger charge is -2.27. The van der Waals surface area contributed by atoms with E-state index in [9.17, 15) is 4.79 Å². The number of carbonyl (C=O) groups excluding carboxylic acids is 1. The smallest absolute Gasteiger partial charge is 0.226 e. The van der Waals surface area contributed by atoms with Crippen LogP contribution < -0.4 is 0 Å². The van der Waals surface area contributed by atoms with Gasteiger partial charge in [0.15, 0.2) is 5.82 Å². The molecule has 0 aromatic carbocycles. The second-order valence-electron chi connectivity index (χ2n) is 4.35. The van der Waals surface area contributed by atoms with Gasteiger partial charge in [0, 0.05) is 19.0 Å². The lowest BCUT2D eigenvalue weighted by molar-refractivity contribution is -0.134. The summed E-state index contributed by atoms with van der Waals surface area (Å²) in [7, 11) is 0. The van der Waals surface area contributed by atoms with E-state index in [4.69, 9.17) is 0 Å². The number of aromatic nitrogens is 3. The first kappa shape index (κ1) is 8.88. The first-order valence-corrected chi connectivity index (χ1v) is 5.43. The summed E-state index contributed by atoms with van der Waals surface area (Å²) in [4.78, 5) is 13.8. The van der Waals surface area contributed by atoms with E-state index in [1.165, 1.54) is 0 Å². The summed E-state index contributed by atoms with van der Waals surface area (Å²) in [6.45, 7) is 4.24. The number of rotatable bonds is 1. The van der Waals surface area contributed by atoms with Crippen LogP contribution in [0.3, 0.4) is 0 Å². The average Bonchev–Trinajstić information content (AvgIpc) is 3.03. The van der Waals surface area contributed by atoms with Gasteiger partial charge in [0.05, 0.1) is 6.54 Å². The van der Waals surface area contributed by atoms with Gasteiger partial charge in [-0.2, -0.15) is 0 Å². The van der Waals surface area contributed by atoms with Gasteiger partial charge in [-0.05, 0) is 19.8 Å². The molecule has 2 aliphatic rings. The van der Waals surface area contributed by atoms with Crippen molar-refractivity contribution >= 4 is 5.91 Å². The number of carbonyl (C=O) groups is 1. The molecule has 1 fully saturated rings. The van der Waals surface area contributed by atoms with Crippen LogP contribution in [0.2, 0.25) is 0 Å². The fraction of sp³-hybridized carbons (Fsp3) is 0.700. The lowest BCUT2D eigenvalue weighted by Crippen LogP contribution is -2.39. The molecule has 0 spiro atoms. The predicted molar refractivity (Wildman–Crippen MR) is 52.9 cm³/mol. The molecule has 0 saturated heterocycles. The molecule has 1 saturated carbocycles. The number of hydrogen-bond acceptors (Lipinski definition) is 3. The zero-order chi connectivity index (χ0) is 10.4. The van der Waals surface area contributed by atoms with Gasteiger partial charge in [-0.25, -0.2) is 0 Å². The van der Waals surface area contributed by atoms with Crippen LogP contribution in [0.4, 0.5) is 0 Å². The van der Waals surface area contributed by atoms with Crippen LogP contribution in [0.15, 0.2) is 0 Å². The molecule has 0 N–H and O–H groups in total. The summed E-state index contributed by atoms with van der Waals surface area (Å²) in [5, 5.41) is 8.12. The molecular weight excluding hydrogens is 192 g/mol. The molecule has 2 heterocycles. The molecule has 1 aliphatic carbocycles. The molecule has 1 aromatic rings. The second kappa shape index (κ2) is 3.05. The zero-order valence-corrected chi connectivity index (χ0v) is 8.81. The number of nitrogens with zero attached hydrogens (tertiary/aromatic N) is 4. The summed E-state index contributed by atoms with van der Waals surface area (Å²) >= 11 is 0. The molecule has 1 aliphatic heterocycles. The highest BCUT2D eigenvalue weighted by molar-refractivity contribution is 5.81. The highest BCUT2D eigenvalue weighted by Gasteiger charge is 2.35. The number of hydrogen-bond donors (Lipinski definition) is 0. The van der Waals surface area contributed by atoms with E-state index in [-0.39, 0.29) is 0 Å². The highest BCUT2D eigenvalue weighted by atomic mass is 16.2. The van der Waals surface area contributed by atoms with Gasteiger partial charge in [-0.15, -0.1) is 10.2 Å². The van der Waals surface area contributed by atoms with Crippen LogP contribution in [0.1, 0.15) is 24.5 Å². The van der Waals surface area contributed by atoms with Gasteiger partial charge < -0.3 is 9.47 Å². The van der Waals surface area contributed by atoms with E-state index in [2.05, 4.69) is 14.8 Å². The Kier molecular flexibility index (Phi) is 1.81. The summed E-state index contributed by atoms with van der Waals surface area (Å²) < 4.78 is 2.09. The minimum absolute atomic E-state index is 0.306. The van der Waals surface area contributed by atoms with Crippen LogP contribution in [0.5, 0.6) is 0 Å². The third-order valence-corrected chi connectivity index (χ3v) is 3.18. The van der Waals surface area contributed by atoms with Crippen LogP contribution in [0.25, 0.3) is 0 Å². The lowest BCUT2D eigenvalue weighted by atomic mass is 10.3. The van der Waals surface area contributed by atoms with Crippen molar-refractivity contribution in [2.24, 2.45) is 5.92 Å². The van der Waals surface area contributed by atoms with Gasteiger partial charge in [-0.1, -0.05) is 0 Å². The molecule has 15 heavy (non-hydrogen) atoms. The van der Waals surface area contributed by atoms with Crippen LogP contribution in [0, 0.1) is 12.8 Å². The Hall–Kier alpha value is -1.39. The van der Waals surface area contributed by atoms with Crippen molar-refractivity contribution in [3.05, 3.63) is 11.6 Å². The molecule has 1 amide bonds. The van der Waals surface area contributed by atoms with E-state index >= 15 is 0 Å². The molecule has 0 bridgehead atoms. The third-order valence-electron chi connectivity index (χ3n) is 3.18. The molecule has 5 heteroatoms. The maximum Gasteiger partial charge on any atom is 0.226 e. The van der Waals surface area contributed by atoms with Crippen molar-refractivity contribution < 1.29 is 4.79 Å². The Balaban J connectivity index is 1.79. The number of fused-ring (bicyclic) bond motifs is 1. The highest BCUT2D eigenvalue weighted by Crippen LogP contribution is 2.31. The average molecular weight is 206 g/mol. The van der Waals surface area contributed by atoms with Crippen molar-refractivity contribution in [3.8, 4) is 0 Å². The largest absolute Gasteiger partial charge is 0.333 e. The van der Waals surface area contributed by atoms with E-state index in [0.717, 1.165) is 37.6 Å². The molecule has 5 nitrogen and oxygen atoms in total. The van der Waals surface area contributed by atoms with Gasteiger partial charge in [-0.3, -0.25) is 4.79 Å².